The summed E-state index contributed by atoms with van der Waals surface area (Å²) in [6.45, 7) is 0. The van der Waals surface area contributed by atoms with E-state index in [1.54, 1.807) is 12.1 Å². The largest absolute Gasteiger partial charge is 0.489 e. The SMILES string of the molecule is Cl.NC1CCCCC1Oc1ccc(F)cc1. The molecule has 1 fully saturated rings. The van der Waals surface area contributed by atoms with Gasteiger partial charge in [-0.05, 0) is 43.5 Å². The molecule has 0 amide bonds. The molecule has 0 aromatic heterocycles. The Balaban J connectivity index is 0.00000128. The molecule has 16 heavy (non-hydrogen) atoms. The summed E-state index contributed by atoms with van der Waals surface area (Å²) in [5.41, 5.74) is 5.96. The van der Waals surface area contributed by atoms with E-state index in [4.69, 9.17) is 10.5 Å². The van der Waals surface area contributed by atoms with E-state index in [0.717, 1.165) is 12.8 Å². The van der Waals surface area contributed by atoms with Gasteiger partial charge < -0.3 is 10.5 Å². The maximum atomic E-state index is 12.7. The van der Waals surface area contributed by atoms with Gasteiger partial charge in [-0.15, -0.1) is 12.4 Å². The van der Waals surface area contributed by atoms with E-state index >= 15 is 0 Å². The lowest BCUT2D eigenvalue weighted by Gasteiger charge is -2.29. The van der Waals surface area contributed by atoms with Gasteiger partial charge in [0.15, 0.2) is 0 Å². The average Bonchev–Trinajstić information content (AvgIpc) is 2.25. The van der Waals surface area contributed by atoms with Crippen molar-refractivity contribution in [2.75, 3.05) is 0 Å². The Bertz CT molecular complexity index is 317. The van der Waals surface area contributed by atoms with Crippen LogP contribution in [-0.4, -0.2) is 12.1 Å². The molecule has 1 saturated carbocycles. The molecule has 1 aliphatic carbocycles. The van der Waals surface area contributed by atoms with Crippen molar-refractivity contribution in [3.63, 3.8) is 0 Å². The van der Waals surface area contributed by atoms with Gasteiger partial charge in [-0.1, -0.05) is 6.42 Å². The van der Waals surface area contributed by atoms with Crippen LogP contribution in [-0.2, 0) is 0 Å². The molecular weight excluding hydrogens is 229 g/mol. The molecule has 0 radical (unpaired) electrons. The Labute approximate surface area is 101 Å². The number of hydrogen-bond acceptors (Lipinski definition) is 2. The molecule has 1 aliphatic rings. The Morgan fingerprint density at radius 2 is 1.75 bits per heavy atom. The van der Waals surface area contributed by atoms with Crippen LogP contribution in [0.3, 0.4) is 0 Å². The van der Waals surface area contributed by atoms with Gasteiger partial charge in [-0.3, -0.25) is 0 Å². The van der Waals surface area contributed by atoms with Crippen LogP contribution in [0.15, 0.2) is 24.3 Å². The number of hydrogen-bond donors (Lipinski definition) is 1. The fraction of sp³-hybridized carbons (Fsp3) is 0.500. The van der Waals surface area contributed by atoms with E-state index in [1.165, 1.54) is 25.0 Å². The number of nitrogens with two attached hydrogens (primary N) is 1. The van der Waals surface area contributed by atoms with Gasteiger partial charge >= 0.3 is 0 Å². The number of benzene rings is 1. The summed E-state index contributed by atoms with van der Waals surface area (Å²) in [6.07, 6.45) is 4.46. The first-order valence-electron chi connectivity index (χ1n) is 5.43. The summed E-state index contributed by atoms with van der Waals surface area (Å²) >= 11 is 0. The van der Waals surface area contributed by atoms with Crippen molar-refractivity contribution in [2.24, 2.45) is 5.73 Å². The van der Waals surface area contributed by atoms with E-state index in [0.29, 0.717) is 5.75 Å². The number of halogens is 2. The average molecular weight is 246 g/mol. The summed E-state index contributed by atoms with van der Waals surface area (Å²) in [4.78, 5) is 0. The van der Waals surface area contributed by atoms with Gasteiger partial charge in [-0.2, -0.15) is 0 Å². The van der Waals surface area contributed by atoms with Crippen LogP contribution in [0.1, 0.15) is 25.7 Å². The maximum absolute atomic E-state index is 12.7. The predicted molar refractivity (Wildman–Crippen MR) is 64.5 cm³/mol. The first kappa shape index (κ1) is 13.3. The molecule has 2 nitrogen and oxygen atoms in total. The fourth-order valence-corrected chi connectivity index (χ4v) is 1.96. The number of rotatable bonds is 2. The van der Waals surface area contributed by atoms with E-state index in [1.807, 2.05) is 0 Å². The Morgan fingerprint density at radius 3 is 2.38 bits per heavy atom. The minimum absolute atomic E-state index is 0. The number of ether oxygens (including phenoxy) is 1. The van der Waals surface area contributed by atoms with Crippen molar-refractivity contribution < 1.29 is 9.13 Å². The monoisotopic (exact) mass is 245 g/mol. The lowest BCUT2D eigenvalue weighted by atomic mass is 9.93. The van der Waals surface area contributed by atoms with Crippen molar-refractivity contribution in [3.8, 4) is 5.75 Å². The van der Waals surface area contributed by atoms with Gasteiger partial charge in [-0.25, -0.2) is 4.39 Å². The third kappa shape index (κ3) is 3.35. The van der Waals surface area contributed by atoms with Gasteiger partial charge in [0, 0.05) is 6.04 Å². The topological polar surface area (TPSA) is 35.2 Å². The highest BCUT2D eigenvalue weighted by molar-refractivity contribution is 5.85. The normalized spacial score (nSPS) is 24.6. The van der Waals surface area contributed by atoms with Crippen LogP contribution >= 0.6 is 12.4 Å². The standard InChI is InChI=1S/C12H16FNO.ClH/c13-9-5-7-10(8-6-9)15-12-4-2-1-3-11(12)14;/h5-8,11-12H,1-4,14H2;1H. The molecule has 1 aromatic carbocycles. The van der Waals surface area contributed by atoms with Gasteiger partial charge in [0.2, 0.25) is 0 Å². The van der Waals surface area contributed by atoms with E-state index in [2.05, 4.69) is 0 Å². The fourth-order valence-electron chi connectivity index (χ4n) is 1.96. The molecule has 0 bridgehead atoms. The highest BCUT2D eigenvalue weighted by atomic mass is 35.5. The second-order valence-corrected chi connectivity index (χ2v) is 4.06. The van der Waals surface area contributed by atoms with E-state index < -0.39 is 0 Å². The molecule has 90 valence electrons. The third-order valence-electron chi connectivity index (χ3n) is 2.85. The summed E-state index contributed by atoms with van der Waals surface area (Å²) < 4.78 is 18.4. The quantitative estimate of drug-likeness (QED) is 0.870. The summed E-state index contributed by atoms with van der Waals surface area (Å²) in [7, 11) is 0. The van der Waals surface area contributed by atoms with E-state index in [-0.39, 0.29) is 30.4 Å². The molecule has 0 saturated heterocycles. The second-order valence-electron chi connectivity index (χ2n) is 4.06. The van der Waals surface area contributed by atoms with Crippen LogP contribution in [0.5, 0.6) is 5.75 Å². The van der Waals surface area contributed by atoms with Crippen LogP contribution in [0.4, 0.5) is 4.39 Å². The zero-order valence-electron chi connectivity index (χ0n) is 9.06. The molecule has 0 aliphatic heterocycles. The van der Waals surface area contributed by atoms with Crippen LogP contribution in [0, 0.1) is 5.82 Å². The maximum Gasteiger partial charge on any atom is 0.123 e. The molecule has 2 atom stereocenters. The first-order chi connectivity index (χ1) is 7.25. The minimum atomic E-state index is -0.240. The lowest BCUT2D eigenvalue weighted by Crippen LogP contribution is -2.41. The first-order valence-corrected chi connectivity index (χ1v) is 5.43. The summed E-state index contributed by atoms with van der Waals surface area (Å²) in [5.74, 6) is 0.467. The summed E-state index contributed by atoms with van der Waals surface area (Å²) in [6, 6.07) is 6.23. The zero-order valence-corrected chi connectivity index (χ0v) is 9.88. The van der Waals surface area contributed by atoms with E-state index in [9.17, 15) is 4.39 Å². The van der Waals surface area contributed by atoms with Gasteiger partial charge in [0.1, 0.15) is 17.7 Å². The highest BCUT2D eigenvalue weighted by Crippen LogP contribution is 2.22. The molecule has 2 unspecified atom stereocenters. The second kappa shape index (κ2) is 6.06. The van der Waals surface area contributed by atoms with Crippen molar-refractivity contribution >= 4 is 12.4 Å². The Morgan fingerprint density at radius 1 is 1.12 bits per heavy atom. The predicted octanol–water partition coefficient (Wildman–Crippen LogP) is 2.90. The van der Waals surface area contributed by atoms with Crippen molar-refractivity contribution in [1.82, 2.24) is 0 Å². The highest BCUT2D eigenvalue weighted by Gasteiger charge is 2.23. The molecule has 2 N–H and O–H groups in total. The van der Waals surface area contributed by atoms with Gasteiger partial charge in [0.05, 0.1) is 0 Å². The third-order valence-corrected chi connectivity index (χ3v) is 2.85. The zero-order chi connectivity index (χ0) is 10.7. The Hall–Kier alpha value is -0.800. The lowest BCUT2D eigenvalue weighted by molar-refractivity contribution is 0.132. The molecule has 2 rings (SSSR count). The van der Waals surface area contributed by atoms with Crippen LogP contribution < -0.4 is 10.5 Å². The van der Waals surface area contributed by atoms with Crippen molar-refractivity contribution in [3.05, 3.63) is 30.1 Å². The van der Waals surface area contributed by atoms with Crippen LogP contribution in [0.25, 0.3) is 0 Å². The van der Waals surface area contributed by atoms with Gasteiger partial charge in [0.25, 0.3) is 0 Å². The van der Waals surface area contributed by atoms with Crippen molar-refractivity contribution in [1.29, 1.82) is 0 Å². The molecule has 0 spiro atoms. The molecule has 0 heterocycles. The molecule has 1 aromatic rings. The smallest absolute Gasteiger partial charge is 0.123 e. The molecule has 4 heteroatoms. The minimum Gasteiger partial charge on any atom is -0.489 e. The van der Waals surface area contributed by atoms with Crippen LogP contribution in [0.2, 0.25) is 0 Å². The van der Waals surface area contributed by atoms with Crippen molar-refractivity contribution in [2.45, 2.75) is 37.8 Å². The molecular formula is C12H17ClFNO. The Kier molecular flexibility index (Phi) is 5.03. The summed E-state index contributed by atoms with van der Waals surface area (Å²) in [5, 5.41) is 0.